The Labute approximate surface area is 285 Å². The van der Waals surface area contributed by atoms with Crippen molar-refractivity contribution in [3.8, 4) is 22.9 Å². The summed E-state index contributed by atoms with van der Waals surface area (Å²) in [7, 11) is 0. The second-order valence-corrected chi connectivity index (χ2v) is 13.8. The number of carbonyl (C=O) groups excluding carboxylic acids is 1. The number of aromatic nitrogens is 1. The van der Waals surface area contributed by atoms with E-state index in [1.807, 2.05) is 86.3 Å². The molecule has 4 aromatic rings. The maximum atomic E-state index is 12.4. The fourth-order valence-electron chi connectivity index (χ4n) is 6.32. The quantitative estimate of drug-likeness (QED) is 0.175. The number of nitrogens with zero attached hydrogens (tertiary/aromatic N) is 4. The van der Waals surface area contributed by atoms with Crippen molar-refractivity contribution in [1.29, 1.82) is 0 Å². The van der Waals surface area contributed by atoms with Gasteiger partial charge >= 0.3 is 6.09 Å². The van der Waals surface area contributed by atoms with Crippen LogP contribution in [0.2, 0.25) is 0 Å². The standard InChI is InChI=1S/C40H48N4O4/c1-40(2,3)48-39(45)44-26-24-42(25-27-44)28-31-20-22-43(23-21-31)35-16-14-34(15-17-35)36-18-19-37(46-29-32-10-6-4-7-11-32)41-38(36)47-30-33-12-8-5-9-13-33/h4-19,31H,20-30H2,1-3H3. The fourth-order valence-corrected chi connectivity index (χ4v) is 6.32. The molecule has 3 heterocycles. The van der Waals surface area contributed by atoms with E-state index in [1.54, 1.807) is 0 Å². The van der Waals surface area contributed by atoms with Crippen LogP contribution >= 0.6 is 0 Å². The zero-order valence-corrected chi connectivity index (χ0v) is 28.5. The SMILES string of the molecule is CC(C)(C)OC(=O)N1CCN(CC2CCN(c3ccc(-c4ccc(OCc5ccccc5)nc4OCc4ccccc4)cc3)CC2)CC1. The van der Waals surface area contributed by atoms with E-state index in [9.17, 15) is 4.79 Å². The first-order valence-electron chi connectivity index (χ1n) is 17.2. The van der Waals surface area contributed by atoms with E-state index in [4.69, 9.17) is 19.2 Å². The van der Waals surface area contributed by atoms with Crippen LogP contribution in [0.5, 0.6) is 11.8 Å². The van der Waals surface area contributed by atoms with Crippen molar-refractivity contribution in [1.82, 2.24) is 14.8 Å². The van der Waals surface area contributed by atoms with E-state index >= 15 is 0 Å². The normalized spacial score (nSPS) is 16.1. The van der Waals surface area contributed by atoms with E-state index < -0.39 is 5.60 Å². The molecule has 1 amide bonds. The third kappa shape index (κ3) is 9.28. The van der Waals surface area contributed by atoms with Crippen LogP contribution in [0.15, 0.2) is 97.1 Å². The number of piperazine rings is 1. The van der Waals surface area contributed by atoms with Crippen LogP contribution in [-0.2, 0) is 18.0 Å². The lowest BCUT2D eigenvalue weighted by molar-refractivity contribution is 0.0130. The van der Waals surface area contributed by atoms with E-state index in [-0.39, 0.29) is 6.09 Å². The van der Waals surface area contributed by atoms with E-state index in [2.05, 4.69) is 46.2 Å². The highest BCUT2D eigenvalue weighted by Crippen LogP contribution is 2.33. The Morgan fingerprint density at radius 3 is 1.94 bits per heavy atom. The number of amides is 1. The number of anilines is 1. The molecule has 0 spiro atoms. The number of ether oxygens (including phenoxy) is 3. The van der Waals surface area contributed by atoms with Gasteiger partial charge in [-0.1, -0.05) is 72.8 Å². The molecule has 252 valence electrons. The van der Waals surface area contributed by atoms with Gasteiger partial charge in [-0.15, -0.1) is 0 Å². The molecule has 0 radical (unpaired) electrons. The lowest BCUT2D eigenvalue weighted by Gasteiger charge is -2.39. The number of benzene rings is 3. The molecule has 2 fully saturated rings. The summed E-state index contributed by atoms with van der Waals surface area (Å²) in [5, 5.41) is 0. The van der Waals surface area contributed by atoms with Crippen molar-refractivity contribution in [2.45, 2.75) is 52.4 Å². The number of hydrogen-bond acceptors (Lipinski definition) is 7. The summed E-state index contributed by atoms with van der Waals surface area (Å²) in [6.07, 6.45) is 2.14. The molecule has 48 heavy (non-hydrogen) atoms. The van der Waals surface area contributed by atoms with Crippen LogP contribution < -0.4 is 14.4 Å². The summed E-state index contributed by atoms with van der Waals surface area (Å²) >= 11 is 0. The third-order valence-electron chi connectivity index (χ3n) is 8.98. The average molecular weight is 649 g/mol. The number of carbonyl (C=O) groups is 1. The summed E-state index contributed by atoms with van der Waals surface area (Å²) < 4.78 is 17.9. The van der Waals surface area contributed by atoms with Gasteiger partial charge in [-0.2, -0.15) is 4.98 Å². The topological polar surface area (TPSA) is 67.4 Å². The summed E-state index contributed by atoms with van der Waals surface area (Å²) in [6, 6.07) is 33.0. The first-order valence-corrected chi connectivity index (χ1v) is 17.2. The Hall–Kier alpha value is -4.56. The van der Waals surface area contributed by atoms with Gasteiger partial charge in [-0.25, -0.2) is 4.79 Å². The third-order valence-corrected chi connectivity index (χ3v) is 8.98. The van der Waals surface area contributed by atoms with Crippen LogP contribution in [0, 0.1) is 5.92 Å². The molecule has 6 rings (SSSR count). The highest BCUT2D eigenvalue weighted by Gasteiger charge is 2.28. The summed E-state index contributed by atoms with van der Waals surface area (Å²) in [6.45, 7) is 13.1. The van der Waals surface area contributed by atoms with Gasteiger partial charge in [-0.3, -0.25) is 4.90 Å². The Morgan fingerprint density at radius 2 is 1.33 bits per heavy atom. The van der Waals surface area contributed by atoms with Crippen LogP contribution in [0.4, 0.5) is 10.5 Å². The molecule has 1 aromatic heterocycles. The van der Waals surface area contributed by atoms with E-state index in [0.29, 0.717) is 30.9 Å². The molecule has 2 aliphatic rings. The molecule has 0 unspecified atom stereocenters. The maximum Gasteiger partial charge on any atom is 0.410 e. The molecule has 2 aliphatic heterocycles. The zero-order chi connectivity index (χ0) is 33.3. The number of pyridine rings is 1. The first kappa shape index (κ1) is 33.3. The molecule has 3 aromatic carbocycles. The molecule has 0 N–H and O–H groups in total. The van der Waals surface area contributed by atoms with Crippen LogP contribution in [0.25, 0.3) is 11.1 Å². The summed E-state index contributed by atoms with van der Waals surface area (Å²) in [4.78, 5) is 24.1. The first-order chi connectivity index (χ1) is 23.3. The Morgan fingerprint density at radius 1 is 0.729 bits per heavy atom. The molecule has 0 atom stereocenters. The van der Waals surface area contributed by atoms with Crippen LogP contribution in [-0.4, -0.2) is 72.3 Å². The number of hydrogen-bond donors (Lipinski definition) is 0. The summed E-state index contributed by atoms with van der Waals surface area (Å²) in [5.74, 6) is 1.77. The van der Waals surface area contributed by atoms with Gasteiger partial charge in [0.25, 0.3) is 0 Å². The molecule has 2 saturated heterocycles. The van der Waals surface area contributed by atoms with Crippen molar-refractivity contribution in [3.63, 3.8) is 0 Å². The van der Waals surface area contributed by atoms with Gasteiger partial charge < -0.3 is 24.0 Å². The second kappa shape index (κ2) is 15.6. The second-order valence-electron chi connectivity index (χ2n) is 13.8. The van der Waals surface area contributed by atoms with Gasteiger partial charge in [0.1, 0.15) is 18.8 Å². The van der Waals surface area contributed by atoms with Crippen molar-refractivity contribution < 1.29 is 19.0 Å². The molecule has 0 aliphatic carbocycles. The lowest BCUT2D eigenvalue weighted by atomic mass is 9.95. The minimum Gasteiger partial charge on any atom is -0.473 e. The predicted octanol–water partition coefficient (Wildman–Crippen LogP) is 7.68. The molecular formula is C40H48N4O4. The minimum atomic E-state index is -0.455. The highest BCUT2D eigenvalue weighted by molar-refractivity contribution is 5.71. The molecule has 8 nitrogen and oxygen atoms in total. The van der Waals surface area contributed by atoms with E-state index in [1.165, 1.54) is 18.5 Å². The van der Waals surface area contributed by atoms with Gasteiger partial charge in [0, 0.05) is 63.1 Å². The smallest absolute Gasteiger partial charge is 0.410 e. The van der Waals surface area contributed by atoms with Crippen molar-refractivity contribution >= 4 is 11.8 Å². The highest BCUT2D eigenvalue weighted by atomic mass is 16.6. The Kier molecular flexibility index (Phi) is 10.8. The van der Waals surface area contributed by atoms with Crippen LogP contribution in [0.3, 0.4) is 0 Å². The summed E-state index contributed by atoms with van der Waals surface area (Å²) in [5.41, 5.74) is 4.96. The van der Waals surface area contributed by atoms with Gasteiger partial charge in [0.15, 0.2) is 0 Å². The Balaban J connectivity index is 1.04. The molecular weight excluding hydrogens is 600 g/mol. The fraction of sp³-hybridized carbons (Fsp3) is 0.400. The predicted molar refractivity (Wildman–Crippen MR) is 190 cm³/mol. The van der Waals surface area contributed by atoms with Crippen molar-refractivity contribution in [3.05, 3.63) is 108 Å². The van der Waals surface area contributed by atoms with Crippen molar-refractivity contribution in [2.24, 2.45) is 5.92 Å². The minimum absolute atomic E-state index is 0.196. The molecule has 8 heteroatoms. The van der Waals surface area contributed by atoms with Crippen LogP contribution in [0.1, 0.15) is 44.7 Å². The molecule has 0 saturated carbocycles. The van der Waals surface area contributed by atoms with Gasteiger partial charge in [0.2, 0.25) is 11.8 Å². The zero-order valence-electron chi connectivity index (χ0n) is 28.5. The largest absolute Gasteiger partial charge is 0.473 e. The molecule has 0 bridgehead atoms. The Bertz CT molecular complexity index is 1590. The monoisotopic (exact) mass is 648 g/mol. The number of rotatable bonds is 10. The van der Waals surface area contributed by atoms with Crippen molar-refractivity contribution in [2.75, 3.05) is 50.7 Å². The van der Waals surface area contributed by atoms with Gasteiger partial charge in [-0.05, 0) is 74.4 Å². The van der Waals surface area contributed by atoms with E-state index in [0.717, 1.165) is 68.1 Å². The maximum absolute atomic E-state index is 12.4. The van der Waals surface area contributed by atoms with Gasteiger partial charge in [0.05, 0.1) is 0 Å². The average Bonchev–Trinajstić information content (AvgIpc) is 3.11. The number of piperidine rings is 1. The lowest BCUT2D eigenvalue weighted by Crippen LogP contribution is -2.51.